The van der Waals surface area contributed by atoms with E-state index in [4.69, 9.17) is 14.2 Å². The zero-order chi connectivity index (χ0) is 15.0. The number of rotatable bonds is 8. The average Bonchev–Trinajstić information content (AvgIpc) is 2.47. The number of benzene rings is 1. The molecule has 1 N–H and O–H groups in total. The second kappa shape index (κ2) is 8.16. The first-order chi connectivity index (χ1) is 9.62. The molecule has 6 heteroatoms. The van der Waals surface area contributed by atoms with E-state index < -0.39 is 6.10 Å². The Morgan fingerprint density at radius 3 is 2.75 bits per heavy atom. The SMILES string of the molecule is COCCNC(=O)C(C)Oc1cc(OC)ccc1C=O. The van der Waals surface area contributed by atoms with E-state index in [0.29, 0.717) is 36.5 Å². The molecule has 110 valence electrons. The monoisotopic (exact) mass is 281 g/mol. The number of hydrogen-bond donors (Lipinski definition) is 1. The topological polar surface area (TPSA) is 73.9 Å². The molecule has 0 bridgehead atoms. The van der Waals surface area contributed by atoms with Crippen LogP contribution in [0, 0.1) is 0 Å². The smallest absolute Gasteiger partial charge is 0.260 e. The molecule has 1 aromatic carbocycles. The maximum atomic E-state index is 11.8. The summed E-state index contributed by atoms with van der Waals surface area (Å²) in [4.78, 5) is 22.7. The summed E-state index contributed by atoms with van der Waals surface area (Å²) in [5.41, 5.74) is 0.363. The van der Waals surface area contributed by atoms with E-state index in [2.05, 4.69) is 5.32 Å². The second-order valence-electron chi connectivity index (χ2n) is 4.07. The fourth-order valence-electron chi connectivity index (χ4n) is 1.51. The van der Waals surface area contributed by atoms with Gasteiger partial charge in [0.25, 0.3) is 5.91 Å². The first kappa shape index (κ1) is 16.0. The van der Waals surface area contributed by atoms with Gasteiger partial charge in [0.05, 0.1) is 19.3 Å². The summed E-state index contributed by atoms with van der Waals surface area (Å²) >= 11 is 0. The van der Waals surface area contributed by atoms with Crippen molar-refractivity contribution in [2.45, 2.75) is 13.0 Å². The molecule has 1 amide bonds. The zero-order valence-electron chi connectivity index (χ0n) is 11.8. The number of methoxy groups -OCH3 is 2. The summed E-state index contributed by atoms with van der Waals surface area (Å²) in [6.07, 6.45) is -0.0534. The van der Waals surface area contributed by atoms with Crippen LogP contribution in [0.2, 0.25) is 0 Å². The number of carbonyl (C=O) groups excluding carboxylic acids is 2. The summed E-state index contributed by atoms with van der Waals surface area (Å²) in [5, 5.41) is 2.66. The highest BCUT2D eigenvalue weighted by Gasteiger charge is 2.16. The minimum Gasteiger partial charge on any atom is -0.497 e. The van der Waals surface area contributed by atoms with Gasteiger partial charge in [-0.05, 0) is 19.1 Å². The van der Waals surface area contributed by atoms with Gasteiger partial charge in [-0.3, -0.25) is 9.59 Å². The fraction of sp³-hybridized carbons (Fsp3) is 0.429. The van der Waals surface area contributed by atoms with Gasteiger partial charge in [0.15, 0.2) is 12.4 Å². The van der Waals surface area contributed by atoms with Crippen molar-refractivity contribution in [3.05, 3.63) is 23.8 Å². The van der Waals surface area contributed by atoms with Crippen LogP contribution in [-0.4, -0.2) is 45.7 Å². The molecule has 6 nitrogen and oxygen atoms in total. The largest absolute Gasteiger partial charge is 0.497 e. The van der Waals surface area contributed by atoms with Gasteiger partial charge in [-0.1, -0.05) is 0 Å². The van der Waals surface area contributed by atoms with Crippen molar-refractivity contribution in [2.24, 2.45) is 0 Å². The fourth-order valence-corrected chi connectivity index (χ4v) is 1.51. The number of carbonyl (C=O) groups is 2. The normalized spacial score (nSPS) is 11.6. The van der Waals surface area contributed by atoms with E-state index in [-0.39, 0.29) is 5.91 Å². The third kappa shape index (κ3) is 4.55. The number of ether oxygens (including phenoxy) is 3. The summed E-state index contributed by atoms with van der Waals surface area (Å²) in [6.45, 7) is 2.44. The molecule has 0 aromatic heterocycles. The Morgan fingerprint density at radius 1 is 1.40 bits per heavy atom. The average molecular weight is 281 g/mol. The van der Waals surface area contributed by atoms with Gasteiger partial charge in [-0.15, -0.1) is 0 Å². The van der Waals surface area contributed by atoms with Crippen molar-refractivity contribution in [3.63, 3.8) is 0 Å². The van der Waals surface area contributed by atoms with Gasteiger partial charge >= 0.3 is 0 Å². The lowest BCUT2D eigenvalue weighted by Gasteiger charge is -2.16. The van der Waals surface area contributed by atoms with Crippen LogP contribution in [-0.2, 0) is 9.53 Å². The summed E-state index contributed by atoms with van der Waals surface area (Å²) in [5.74, 6) is 0.591. The summed E-state index contributed by atoms with van der Waals surface area (Å²) in [6, 6.07) is 4.80. The molecule has 0 heterocycles. The number of nitrogens with one attached hydrogen (secondary N) is 1. The van der Waals surface area contributed by atoms with E-state index in [0.717, 1.165) is 0 Å². The quantitative estimate of drug-likeness (QED) is 0.569. The lowest BCUT2D eigenvalue weighted by molar-refractivity contribution is -0.127. The molecule has 0 fully saturated rings. The van der Waals surface area contributed by atoms with Crippen LogP contribution in [0.5, 0.6) is 11.5 Å². The van der Waals surface area contributed by atoms with Crippen molar-refractivity contribution in [1.29, 1.82) is 0 Å². The molecule has 20 heavy (non-hydrogen) atoms. The molecule has 0 saturated carbocycles. The van der Waals surface area contributed by atoms with Crippen LogP contribution in [0.15, 0.2) is 18.2 Å². The molecule has 1 rings (SSSR count). The van der Waals surface area contributed by atoms with Gasteiger partial charge in [-0.2, -0.15) is 0 Å². The highest BCUT2D eigenvalue weighted by Crippen LogP contribution is 2.24. The van der Waals surface area contributed by atoms with E-state index >= 15 is 0 Å². The van der Waals surface area contributed by atoms with Crippen molar-refractivity contribution < 1.29 is 23.8 Å². The highest BCUT2D eigenvalue weighted by molar-refractivity contribution is 5.82. The second-order valence-corrected chi connectivity index (χ2v) is 4.07. The van der Waals surface area contributed by atoms with Crippen LogP contribution in [0.3, 0.4) is 0 Å². The Hall–Kier alpha value is -2.08. The van der Waals surface area contributed by atoms with Gasteiger partial charge in [0.1, 0.15) is 11.5 Å². The maximum absolute atomic E-state index is 11.8. The minimum atomic E-state index is -0.724. The standard InChI is InChI=1S/C14H19NO5/c1-10(14(17)15-6-7-18-2)20-13-8-12(19-3)5-4-11(13)9-16/h4-5,8-10H,6-7H2,1-3H3,(H,15,17). The Bertz CT molecular complexity index is 461. The zero-order valence-corrected chi connectivity index (χ0v) is 11.8. The van der Waals surface area contributed by atoms with Crippen molar-refractivity contribution in [1.82, 2.24) is 5.32 Å². The summed E-state index contributed by atoms with van der Waals surface area (Å²) < 4.78 is 15.4. The van der Waals surface area contributed by atoms with Crippen molar-refractivity contribution in [2.75, 3.05) is 27.4 Å². The van der Waals surface area contributed by atoms with E-state index in [1.165, 1.54) is 7.11 Å². The minimum absolute atomic E-state index is 0.276. The van der Waals surface area contributed by atoms with Crippen molar-refractivity contribution in [3.8, 4) is 11.5 Å². The Kier molecular flexibility index (Phi) is 6.52. The van der Waals surface area contributed by atoms with Gasteiger partial charge in [0, 0.05) is 19.7 Å². The van der Waals surface area contributed by atoms with E-state index in [1.807, 2.05) is 0 Å². The van der Waals surface area contributed by atoms with E-state index in [1.54, 1.807) is 32.2 Å². The first-order valence-electron chi connectivity index (χ1n) is 6.19. The lowest BCUT2D eigenvalue weighted by Crippen LogP contribution is -2.38. The highest BCUT2D eigenvalue weighted by atomic mass is 16.5. The van der Waals surface area contributed by atoms with Crippen LogP contribution >= 0.6 is 0 Å². The molecule has 0 aliphatic rings. The molecule has 0 saturated heterocycles. The van der Waals surface area contributed by atoms with Crippen molar-refractivity contribution >= 4 is 12.2 Å². The predicted octanol–water partition coefficient (Wildman–Crippen LogP) is 1.04. The number of aldehydes is 1. The first-order valence-corrected chi connectivity index (χ1v) is 6.19. The number of hydrogen-bond acceptors (Lipinski definition) is 5. The van der Waals surface area contributed by atoms with Crippen LogP contribution in [0.4, 0.5) is 0 Å². The predicted molar refractivity (Wildman–Crippen MR) is 73.4 cm³/mol. The van der Waals surface area contributed by atoms with Gasteiger partial charge < -0.3 is 19.5 Å². The molecule has 0 aliphatic carbocycles. The third-order valence-corrected chi connectivity index (χ3v) is 2.63. The molecular weight excluding hydrogens is 262 g/mol. The molecule has 1 aromatic rings. The van der Waals surface area contributed by atoms with E-state index in [9.17, 15) is 9.59 Å². The molecular formula is C14H19NO5. The maximum Gasteiger partial charge on any atom is 0.260 e. The van der Waals surface area contributed by atoms with Crippen LogP contribution in [0.1, 0.15) is 17.3 Å². The molecule has 0 spiro atoms. The van der Waals surface area contributed by atoms with Crippen LogP contribution in [0.25, 0.3) is 0 Å². The lowest BCUT2D eigenvalue weighted by atomic mass is 10.2. The van der Waals surface area contributed by atoms with Gasteiger partial charge in [0.2, 0.25) is 0 Å². The summed E-state index contributed by atoms with van der Waals surface area (Å²) in [7, 11) is 3.07. The molecule has 0 aliphatic heterocycles. The van der Waals surface area contributed by atoms with Crippen LogP contribution < -0.4 is 14.8 Å². The Balaban J connectivity index is 2.70. The Morgan fingerprint density at radius 2 is 2.15 bits per heavy atom. The molecule has 1 atom stereocenters. The van der Waals surface area contributed by atoms with Gasteiger partial charge in [-0.25, -0.2) is 0 Å². The molecule has 0 radical (unpaired) electrons. The molecule has 1 unspecified atom stereocenters. The third-order valence-electron chi connectivity index (χ3n) is 2.63. The number of amides is 1. The Labute approximate surface area is 118 Å².